The molecule has 0 unspecified atom stereocenters. The largest absolute Gasteiger partial charge is 0.299 e. The molecule has 21 heavy (non-hydrogen) atoms. The van der Waals surface area contributed by atoms with Crippen LogP contribution >= 0.6 is 0 Å². The Morgan fingerprint density at radius 2 is 1.76 bits per heavy atom. The zero-order chi connectivity index (χ0) is 14.5. The van der Waals surface area contributed by atoms with E-state index in [9.17, 15) is 5.26 Å². The number of hydrogen-bond acceptors (Lipinski definition) is 3. The number of piperidine rings is 1. The van der Waals surface area contributed by atoms with E-state index in [4.69, 9.17) is 0 Å². The van der Waals surface area contributed by atoms with E-state index in [1.54, 1.807) is 6.20 Å². The van der Waals surface area contributed by atoms with Crippen molar-refractivity contribution in [3.8, 4) is 6.07 Å². The lowest BCUT2D eigenvalue weighted by molar-refractivity contribution is 0.177. The lowest BCUT2D eigenvalue weighted by atomic mass is 9.76. The molecule has 0 aliphatic carbocycles. The second-order valence-corrected chi connectivity index (χ2v) is 5.67. The number of rotatable bonds is 3. The molecule has 106 valence electrons. The standard InChI is InChI=1S/C18H19N3/c19-15-18(17-8-4-5-11-20-17)9-12-21(13-10-18)14-16-6-2-1-3-7-16/h1-8,11H,9-10,12-14H2. The summed E-state index contributed by atoms with van der Waals surface area (Å²) in [6.45, 7) is 2.85. The summed E-state index contributed by atoms with van der Waals surface area (Å²) in [5.74, 6) is 0. The first-order valence-electron chi connectivity index (χ1n) is 7.41. The number of aromatic nitrogens is 1. The Labute approximate surface area is 125 Å². The van der Waals surface area contributed by atoms with Crippen molar-refractivity contribution < 1.29 is 0 Å². The van der Waals surface area contributed by atoms with Gasteiger partial charge in [-0.3, -0.25) is 9.88 Å². The SMILES string of the molecule is N#CC1(c2ccccn2)CCN(Cc2ccccc2)CC1. The Hall–Kier alpha value is -2.18. The zero-order valence-electron chi connectivity index (χ0n) is 12.1. The fourth-order valence-electron chi connectivity index (χ4n) is 3.01. The molecule has 1 saturated heterocycles. The van der Waals surface area contributed by atoms with Gasteiger partial charge in [0.05, 0.1) is 11.8 Å². The minimum absolute atomic E-state index is 0.408. The summed E-state index contributed by atoms with van der Waals surface area (Å²) in [6.07, 6.45) is 3.49. The molecule has 1 aromatic heterocycles. The normalized spacial score (nSPS) is 18.0. The van der Waals surface area contributed by atoms with Crippen LogP contribution in [-0.2, 0) is 12.0 Å². The lowest BCUT2D eigenvalue weighted by Gasteiger charge is -2.36. The van der Waals surface area contributed by atoms with Crippen LogP contribution in [-0.4, -0.2) is 23.0 Å². The predicted octanol–water partition coefficient (Wildman–Crippen LogP) is 3.14. The average Bonchev–Trinajstić information content (AvgIpc) is 2.58. The minimum atomic E-state index is -0.408. The van der Waals surface area contributed by atoms with Gasteiger partial charge in [-0.1, -0.05) is 36.4 Å². The maximum Gasteiger partial charge on any atom is 0.102 e. The summed E-state index contributed by atoms with van der Waals surface area (Å²) in [6, 6.07) is 18.9. The fourth-order valence-corrected chi connectivity index (χ4v) is 3.01. The number of likely N-dealkylation sites (tertiary alicyclic amines) is 1. The van der Waals surface area contributed by atoms with Gasteiger partial charge in [-0.2, -0.15) is 5.26 Å². The fraction of sp³-hybridized carbons (Fsp3) is 0.333. The summed E-state index contributed by atoms with van der Waals surface area (Å²) >= 11 is 0. The third kappa shape index (κ3) is 2.96. The van der Waals surface area contributed by atoms with E-state index < -0.39 is 5.41 Å². The second kappa shape index (κ2) is 6.07. The molecule has 0 bridgehead atoms. The van der Waals surface area contributed by atoms with Gasteiger partial charge in [0.15, 0.2) is 0 Å². The maximum absolute atomic E-state index is 9.66. The zero-order valence-corrected chi connectivity index (χ0v) is 12.1. The van der Waals surface area contributed by atoms with Crippen LogP contribution in [0.2, 0.25) is 0 Å². The van der Waals surface area contributed by atoms with Crippen molar-refractivity contribution in [1.82, 2.24) is 9.88 Å². The molecule has 0 amide bonds. The van der Waals surface area contributed by atoms with Crippen LogP contribution in [0.3, 0.4) is 0 Å². The third-order valence-electron chi connectivity index (χ3n) is 4.33. The number of nitrogens with zero attached hydrogens (tertiary/aromatic N) is 3. The topological polar surface area (TPSA) is 39.9 Å². The quantitative estimate of drug-likeness (QED) is 0.865. The van der Waals surface area contributed by atoms with Crippen LogP contribution in [0.25, 0.3) is 0 Å². The monoisotopic (exact) mass is 277 g/mol. The molecule has 0 radical (unpaired) electrons. The van der Waals surface area contributed by atoms with Crippen LogP contribution in [0.1, 0.15) is 24.1 Å². The predicted molar refractivity (Wildman–Crippen MR) is 82.5 cm³/mol. The van der Waals surface area contributed by atoms with Gasteiger partial charge in [-0.05, 0) is 30.5 Å². The molecule has 1 aliphatic rings. The van der Waals surface area contributed by atoms with Gasteiger partial charge in [0.1, 0.15) is 5.41 Å². The summed E-state index contributed by atoms with van der Waals surface area (Å²) in [5.41, 5.74) is 1.85. The van der Waals surface area contributed by atoms with E-state index in [-0.39, 0.29) is 0 Å². The molecular weight excluding hydrogens is 258 g/mol. The summed E-state index contributed by atoms with van der Waals surface area (Å²) in [7, 11) is 0. The molecule has 1 aromatic carbocycles. The smallest absolute Gasteiger partial charge is 0.102 e. The van der Waals surface area contributed by atoms with Gasteiger partial charge in [0.2, 0.25) is 0 Å². The summed E-state index contributed by atoms with van der Waals surface area (Å²) in [4.78, 5) is 6.84. The second-order valence-electron chi connectivity index (χ2n) is 5.67. The Morgan fingerprint density at radius 3 is 2.38 bits per heavy atom. The molecular formula is C18H19N3. The van der Waals surface area contributed by atoms with Crippen molar-refractivity contribution in [1.29, 1.82) is 5.26 Å². The van der Waals surface area contributed by atoms with Gasteiger partial charge < -0.3 is 0 Å². The van der Waals surface area contributed by atoms with Gasteiger partial charge in [0.25, 0.3) is 0 Å². The Balaban J connectivity index is 1.68. The minimum Gasteiger partial charge on any atom is -0.299 e. The van der Waals surface area contributed by atoms with Crippen LogP contribution in [0, 0.1) is 11.3 Å². The van der Waals surface area contributed by atoms with E-state index in [1.807, 2.05) is 24.3 Å². The van der Waals surface area contributed by atoms with E-state index in [1.165, 1.54) is 5.56 Å². The maximum atomic E-state index is 9.66. The molecule has 2 aromatic rings. The molecule has 3 nitrogen and oxygen atoms in total. The molecule has 3 rings (SSSR count). The first kappa shape index (κ1) is 13.8. The number of pyridine rings is 1. The Bertz CT molecular complexity index is 608. The van der Waals surface area contributed by atoms with Gasteiger partial charge >= 0.3 is 0 Å². The molecule has 1 fully saturated rings. The average molecular weight is 277 g/mol. The highest BCUT2D eigenvalue weighted by Gasteiger charge is 2.37. The van der Waals surface area contributed by atoms with Crippen LogP contribution in [0.15, 0.2) is 54.7 Å². The van der Waals surface area contributed by atoms with Crippen molar-refractivity contribution in [2.45, 2.75) is 24.8 Å². The van der Waals surface area contributed by atoms with Crippen molar-refractivity contribution in [2.24, 2.45) is 0 Å². The molecule has 0 atom stereocenters. The highest BCUT2D eigenvalue weighted by atomic mass is 15.1. The van der Waals surface area contributed by atoms with Gasteiger partial charge in [-0.25, -0.2) is 0 Å². The molecule has 3 heteroatoms. The Kier molecular flexibility index (Phi) is 3.98. The van der Waals surface area contributed by atoms with Crippen LogP contribution in [0.5, 0.6) is 0 Å². The van der Waals surface area contributed by atoms with E-state index in [2.05, 4.69) is 40.2 Å². The molecule has 0 saturated carbocycles. The third-order valence-corrected chi connectivity index (χ3v) is 4.33. The van der Waals surface area contributed by atoms with Crippen molar-refractivity contribution in [3.05, 3.63) is 66.0 Å². The van der Waals surface area contributed by atoms with Crippen molar-refractivity contribution in [2.75, 3.05) is 13.1 Å². The highest BCUT2D eigenvalue weighted by molar-refractivity contribution is 5.27. The van der Waals surface area contributed by atoms with Crippen molar-refractivity contribution >= 4 is 0 Å². The highest BCUT2D eigenvalue weighted by Crippen LogP contribution is 2.34. The summed E-state index contributed by atoms with van der Waals surface area (Å²) in [5, 5.41) is 9.66. The summed E-state index contributed by atoms with van der Waals surface area (Å²) < 4.78 is 0. The van der Waals surface area contributed by atoms with Crippen molar-refractivity contribution in [3.63, 3.8) is 0 Å². The number of nitriles is 1. The first-order valence-corrected chi connectivity index (χ1v) is 7.41. The van der Waals surface area contributed by atoms with Crippen LogP contribution < -0.4 is 0 Å². The molecule has 0 N–H and O–H groups in total. The molecule has 1 aliphatic heterocycles. The lowest BCUT2D eigenvalue weighted by Crippen LogP contribution is -2.41. The molecule has 0 spiro atoms. The van der Waals surface area contributed by atoms with Crippen LogP contribution in [0.4, 0.5) is 0 Å². The van der Waals surface area contributed by atoms with E-state index in [0.29, 0.717) is 0 Å². The number of hydrogen-bond donors (Lipinski definition) is 0. The number of benzene rings is 1. The van der Waals surface area contributed by atoms with E-state index in [0.717, 1.165) is 38.2 Å². The first-order chi connectivity index (χ1) is 10.3. The van der Waals surface area contributed by atoms with Gasteiger partial charge in [0, 0.05) is 25.8 Å². The van der Waals surface area contributed by atoms with Gasteiger partial charge in [-0.15, -0.1) is 0 Å². The molecule has 2 heterocycles. The Morgan fingerprint density at radius 1 is 1.05 bits per heavy atom. The van der Waals surface area contributed by atoms with E-state index >= 15 is 0 Å².